The zero-order chi connectivity index (χ0) is 21.4. The molecule has 3 rings (SSSR count). The minimum absolute atomic E-state index is 0.0197. The number of hydrogen-bond donors (Lipinski definition) is 0. The largest absolute Gasteiger partial charge is 0.222 e. The molecule has 1 fully saturated rings. The van der Waals surface area contributed by atoms with Gasteiger partial charge in [-0.1, -0.05) is 47.5 Å². The highest BCUT2D eigenvalue weighted by atomic mass is 32.3. The first-order chi connectivity index (χ1) is 13.6. The van der Waals surface area contributed by atoms with E-state index < -0.39 is 23.8 Å². The lowest BCUT2D eigenvalue weighted by Crippen LogP contribution is -2.44. The maximum Gasteiger partial charge on any atom is 0.198 e. The minimum atomic E-state index is -4.20. The Labute approximate surface area is 173 Å². The lowest BCUT2D eigenvalue weighted by atomic mass is 9.97. The van der Waals surface area contributed by atoms with Crippen LogP contribution in [0.2, 0.25) is 0 Å². The van der Waals surface area contributed by atoms with E-state index in [9.17, 15) is 16.8 Å². The summed E-state index contributed by atoms with van der Waals surface area (Å²) in [5.74, 6) is -0.569. The van der Waals surface area contributed by atoms with Crippen LogP contribution in [0.4, 0.5) is 0 Å². The van der Waals surface area contributed by atoms with Crippen molar-refractivity contribution >= 4 is 19.7 Å². The molecule has 0 spiro atoms. The zero-order valence-electron chi connectivity index (χ0n) is 16.7. The lowest BCUT2D eigenvalue weighted by Gasteiger charge is -2.29. The highest BCUT2D eigenvalue weighted by molar-refractivity contribution is 8.10. The van der Waals surface area contributed by atoms with Gasteiger partial charge in [0.1, 0.15) is 0 Å². The molecule has 0 radical (unpaired) electrons. The number of aryl methyl sites for hydroxylation is 2. The van der Waals surface area contributed by atoms with Gasteiger partial charge in [0.05, 0.1) is 9.79 Å². The van der Waals surface area contributed by atoms with Crippen molar-refractivity contribution in [1.29, 1.82) is 0 Å². The fourth-order valence-corrected chi connectivity index (χ4v) is 9.30. The summed E-state index contributed by atoms with van der Waals surface area (Å²) in [5, 5.41) is 0. The molecule has 0 amide bonds. The van der Waals surface area contributed by atoms with Gasteiger partial charge in [-0.2, -0.15) is 0 Å². The summed E-state index contributed by atoms with van der Waals surface area (Å²) >= 11 is 0. The van der Waals surface area contributed by atoms with Crippen LogP contribution in [0.3, 0.4) is 0 Å². The standard InChI is InChI=1S/C23H26O4S2/c1-5-19-15-23(16-20(19)6-2,28(24,25)21-11-7-17(3)8-12-21)29(26,27)22-13-9-18(4)10-14-22/h5-14,19-20H,1-2,15-16H2,3-4H3/t19-,20-/m0/s1. The maximum atomic E-state index is 13.8. The van der Waals surface area contributed by atoms with Crippen LogP contribution in [0.5, 0.6) is 0 Å². The third kappa shape index (κ3) is 3.38. The molecule has 4 nitrogen and oxygen atoms in total. The van der Waals surface area contributed by atoms with E-state index in [-0.39, 0.29) is 34.5 Å². The number of rotatable bonds is 6. The molecule has 1 aliphatic carbocycles. The van der Waals surface area contributed by atoms with Crippen LogP contribution >= 0.6 is 0 Å². The van der Waals surface area contributed by atoms with Gasteiger partial charge in [-0.05, 0) is 62.8 Å². The van der Waals surface area contributed by atoms with Crippen molar-refractivity contribution in [3.8, 4) is 0 Å². The molecule has 2 atom stereocenters. The van der Waals surface area contributed by atoms with Crippen LogP contribution in [0.25, 0.3) is 0 Å². The Balaban J connectivity index is 2.29. The van der Waals surface area contributed by atoms with Gasteiger partial charge in [-0.25, -0.2) is 16.8 Å². The van der Waals surface area contributed by atoms with Gasteiger partial charge < -0.3 is 0 Å². The number of benzene rings is 2. The monoisotopic (exact) mass is 430 g/mol. The van der Waals surface area contributed by atoms with Gasteiger partial charge in [0, 0.05) is 0 Å². The molecule has 1 saturated carbocycles. The molecule has 0 saturated heterocycles. The van der Waals surface area contributed by atoms with E-state index in [0.717, 1.165) is 11.1 Å². The summed E-state index contributed by atoms with van der Waals surface area (Å²) < 4.78 is 53.3. The van der Waals surface area contributed by atoms with Crippen LogP contribution < -0.4 is 0 Å². The summed E-state index contributed by atoms with van der Waals surface area (Å²) in [4.78, 5) is 0.0395. The van der Waals surface area contributed by atoms with Gasteiger partial charge in [-0.15, -0.1) is 13.2 Å². The lowest BCUT2D eigenvalue weighted by molar-refractivity contribution is 0.534. The van der Waals surface area contributed by atoms with Gasteiger partial charge in [-0.3, -0.25) is 0 Å². The Kier molecular flexibility index (Phi) is 5.62. The topological polar surface area (TPSA) is 68.3 Å². The quantitative estimate of drug-likeness (QED) is 0.626. The predicted octanol–water partition coefficient (Wildman–Crippen LogP) is 4.65. The molecule has 2 aromatic carbocycles. The SMILES string of the molecule is C=C[C@H]1CC(S(=O)(=O)c2ccc(C)cc2)(S(=O)(=O)c2ccc(C)cc2)C[C@@H]1C=C. The Morgan fingerprint density at radius 2 is 1.03 bits per heavy atom. The first kappa shape index (κ1) is 21.5. The summed E-state index contributed by atoms with van der Waals surface area (Å²) in [5.41, 5.74) is 1.80. The molecule has 1 aliphatic rings. The van der Waals surface area contributed by atoms with Crippen LogP contribution in [-0.4, -0.2) is 20.9 Å². The van der Waals surface area contributed by atoms with Crippen molar-refractivity contribution in [2.45, 2.75) is 40.6 Å². The first-order valence-electron chi connectivity index (χ1n) is 9.47. The molecule has 0 N–H and O–H groups in total. The van der Waals surface area contributed by atoms with E-state index in [0.29, 0.717) is 0 Å². The van der Waals surface area contributed by atoms with E-state index in [4.69, 9.17) is 0 Å². The van der Waals surface area contributed by atoms with E-state index in [1.807, 2.05) is 13.8 Å². The van der Waals surface area contributed by atoms with Gasteiger partial charge in [0.25, 0.3) is 0 Å². The molecule has 0 aromatic heterocycles. The number of hydrogen-bond acceptors (Lipinski definition) is 4. The van der Waals surface area contributed by atoms with E-state index in [1.165, 1.54) is 24.3 Å². The van der Waals surface area contributed by atoms with Crippen molar-refractivity contribution in [2.75, 3.05) is 0 Å². The third-order valence-corrected chi connectivity index (χ3v) is 11.6. The molecule has 0 unspecified atom stereocenters. The second-order valence-electron chi connectivity index (χ2n) is 7.75. The van der Waals surface area contributed by atoms with E-state index in [2.05, 4.69) is 13.2 Å². The summed E-state index contributed by atoms with van der Waals surface area (Å²) in [6.07, 6.45) is 3.20. The van der Waals surface area contributed by atoms with Crippen LogP contribution in [0.15, 0.2) is 83.6 Å². The summed E-state index contributed by atoms with van der Waals surface area (Å²) in [7, 11) is -8.41. The van der Waals surface area contributed by atoms with Crippen molar-refractivity contribution in [3.63, 3.8) is 0 Å². The minimum Gasteiger partial charge on any atom is -0.222 e. The number of sulfone groups is 2. The second kappa shape index (κ2) is 7.58. The highest BCUT2D eigenvalue weighted by Crippen LogP contribution is 2.52. The van der Waals surface area contributed by atoms with Crippen LogP contribution in [0.1, 0.15) is 24.0 Å². The normalized spacial score (nSPS) is 21.6. The van der Waals surface area contributed by atoms with E-state index in [1.54, 1.807) is 36.4 Å². The fourth-order valence-electron chi connectivity index (χ4n) is 4.07. The molecule has 154 valence electrons. The molecule has 0 heterocycles. The molecule has 29 heavy (non-hydrogen) atoms. The summed E-state index contributed by atoms with van der Waals surface area (Å²) in [6, 6.07) is 12.7. The second-order valence-corrected chi connectivity index (χ2v) is 12.5. The molecule has 2 aromatic rings. The molecule has 0 aliphatic heterocycles. The Morgan fingerprint density at radius 3 is 1.31 bits per heavy atom. The van der Waals surface area contributed by atoms with Crippen LogP contribution in [0, 0.1) is 25.7 Å². The van der Waals surface area contributed by atoms with Crippen molar-refractivity contribution < 1.29 is 16.8 Å². The Hall–Kier alpha value is -2.18. The third-order valence-electron chi connectivity index (χ3n) is 5.89. The molecular formula is C23H26O4S2. The zero-order valence-corrected chi connectivity index (χ0v) is 18.3. The van der Waals surface area contributed by atoms with E-state index >= 15 is 0 Å². The van der Waals surface area contributed by atoms with Crippen molar-refractivity contribution in [1.82, 2.24) is 0 Å². The van der Waals surface area contributed by atoms with Crippen molar-refractivity contribution in [3.05, 3.63) is 85.0 Å². The average molecular weight is 431 g/mol. The predicted molar refractivity (Wildman–Crippen MR) is 116 cm³/mol. The first-order valence-corrected chi connectivity index (χ1v) is 12.4. The average Bonchev–Trinajstić information content (AvgIpc) is 3.10. The van der Waals surface area contributed by atoms with Gasteiger partial charge >= 0.3 is 0 Å². The van der Waals surface area contributed by atoms with Crippen molar-refractivity contribution in [2.24, 2.45) is 11.8 Å². The molecule has 0 bridgehead atoms. The summed E-state index contributed by atoms with van der Waals surface area (Å²) in [6.45, 7) is 11.3. The van der Waals surface area contributed by atoms with Gasteiger partial charge in [0.15, 0.2) is 23.8 Å². The molecule has 6 heteroatoms. The molecular weight excluding hydrogens is 404 g/mol. The Bertz CT molecular complexity index is 1030. The highest BCUT2D eigenvalue weighted by Gasteiger charge is 2.61. The maximum absolute atomic E-state index is 13.8. The van der Waals surface area contributed by atoms with Crippen LogP contribution in [-0.2, 0) is 19.7 Å². The smallest absolute Gasteiger partial charge is 0.198 e. The Morgan fingerprint density at radius 1 is 0.724 bits per heavy atom. The number of allylic oxidation sites excluding steroid dienone is 2. The van der Waals surface area contributed by atoms with Gasteiger partial charge in [0.2, 0.25) is 0 Å². The fraction of sp³-hybridized carbons (Fsp3) is 0.304.